The molecule has 150 valence electrons. The largest absolute Gasteiger partial charge is 0.337 e. The Bertz CT molecular complexity index is 1130. The number of nitrogens with one attached hydrogen (secondary N) is 1. The summed E-state index contributed by atoms with van der Waals surface area (Å²) in [5, 5.41) is 0.571. The van der Waals surface area contributed by atoms with Crippen LogP contribution in [0, 0.1) is 0 Å². The third-order valence-electron chi connectivity index (χ3n) is 4.20. The van der Waals surface area contributed by atoms with Gasteiger partial charge in [0.05, 0.1) is 4.90 Å². The minimum Gasteiger partial charge on any atom is -0.337 e. The van der Waals surface area contributed by atoms with Gasteiger partial charge in [-0.15, -0.1) is 0 Å². The third-order valence-corrected chi connectivity index (χ3v) is 6.48. The van der Waals surface area contributed by atoms with Gasteiger partial charge in [-0.05, 0) is 54.1 Å². The molecule has 0 aliphatic heterocycles. The molecule has 0 aromatic heterocycles. The van der Waals surface area contributed by atoms with Gasteiger partial charge in [-0.1, -0.05) is 51.8 Å². The van der Waals surface area contributed by atoms with Crippen molar-refractivity contribution >= 4 is 49.1 Å². The van der Waals surface area contributed by atoms with E-state index in [9.17, 15) is 13.2 Å². The Morgan fingerprint density at radius 2 is 1.72 bits per heavy atom. The van der Waals surface area contributed by atoms with Gasteiger partial charge in [0.1, 0.15) is 0 Å². The van der Waals surface area contributed by atoms with Crippen LogP contribution in [0.2, 0.25) is 5.02 Å². The average Bonchev–Trinajstić information content (AvgIpc) is 2.71. The first kappa shape index (κ1) is 21.4. The number of carbonyl (C=O) groups is 1. The van der Waals surface area contributed by atoms with Crippen LogP contribution in [0.15, 0.2) is 82.2 Å². The van der Waals surface area contributed by atoms with E-state index in [0.29, 0.717) is 17.3 Å². The van der Waals surface area contributed by atoms with Gasteiger partial charge in [-0.3, -0.25) is 9.52 Å². The van der Waals surface area contributed by atoms with Crippen molar-refractivity contribution < 1.29 is 13.2 Å². The molecule has 1 amide bonds. The molecule has 1 N–H and O–H groups in total. The topological polar surface area (TPSA) is 66.5 Å². The third kappa shape index (κ3) is 5.38. The van der Waals surface area contributed by atoms with Crippen molar-refractivity contribution in [3.63, 3.8) is 0 Å². The Labute approximate surface area is 183 Å². The SMILES string of the molecule is CN(Cc1ccccc1Cl)C(=O)c1cccc(S(=O)(=O)Nc2ccc(Br)cc2)c1. The molecule has 0 unspecified atom stereocenters. The second kappa shape index (κ2) is 8.98. The standard InChI is InChI=1S/C21H18BrClN2O3S/c1-25(14-16-5-2-3-8-20(16)23)21(26)15-6-4-7-19(13-15)29(27,28)24-18-11-9-17(22)10-12-18/h2-13,24H,14H2,1H3. The second-order valence-corrected chi connectivity index (χ2v) is 9.40. The molecule has 3 aromatic rings. The van der Waals surface area contributed by atoms with E-state index in [1.165, 1.54) is 17.0 Å². The Kier molecular flexibility index (Phi) is 6.62. The zero-order valence-corrected chi connectivity index (χ0v) is 18.6. The molecule has 0 saturated heterocycles. The number of amides is 1. The molecule has 8 heteroatoms. The van der Waals surface area contributed by atoms with Crippen LogP contribution >= 0.6 is 27.5 Å². The maximum Gasteiger partial charge on any atom is 0.261 e. The van der Waals surface area contributed by atoms with Crippen molar-refractivity contribution in [3.05, 3.63) is 93.4 Å². The normalized spacial score (nSPS) is 11.1. The lowest BCUT2D eigenvalue weighted by atomic mass is 10.1. The minimum atomic E-state index is -3.83. The fraction of sp³-hybridized carbons (Fsp3) is 0.0952. The van der Waals surface area contributed by atoms with Crippen LogP contribution in [0.1, 0.15) is 15.9 Å². The van der Waals surface area contributed by atoms with Crippen LogP contribution < -0.4 is 4.72 Å². The molecule has 0 spiro atoms. The number of hydrogen-bond acceptors (Lipinski definition) is 3. The van der Waals surface area contributed by atoms with Crippen LogP contribution in [0.3, 0.4) is 0 Å². The van der Waals surface area contributed by atoms with E-state index < -0.39 is 10.0 Å². The molecule has 0 bridgehead atoms. The highest BCUT2D eigenvalue weighted by atomic mass is 79.9. The minimum absolute atomic E-state index is 0.0115. The summed E-state index contributed by atoms with van der Waals surface area (Å²) in [5.41, 5.74) is 1.52. The van der Waals surface area contributed by atoms with E-state index in [1.54, 1.807) is 49.5 Å². The van der Waals surface area contributed by atoms with Crippen molar-refractivity contribution in [1.29, 1.82) is 0 Å². The summed E-state index contributed by atoms with van der Waals surface area (Å²) in [5.74, 6) is -0.300. The van der Waals surface area contributed by atoms with E-state index in [2.05, 4.69) is 20.7 Å². The smallest absolute Gasteiger partial charge is 0.261 e. The van der Waals surface area contributed by atoms with Crippen molar-refractivity contribution in [1.82, 2.24) is 4.90 Å². The van der Waals surface area contributed by atoms with Crippen molar-refractivity contribution in [2.75, 3.05) is 11.8 Å². The Morgan fingerprint density at radius 3 is 2.41 bits per heavy atom. The summed E-state index contributed by atoms with van der Waals surface area (Å²) in [4.78, 5) is 14.3. The second-order valence-electron chi connectivity index (χ2n) is 6.39. The molecular weight excluding hydrogens is 476 g/mol. The quantitative estimate of drug-likeness (QED) is 0.515. The molecule has 3 aromatic carbocycles. The van der Waals surface area contributed by atoms with Gasteiger partial charge >= 0.3 is 0 Å². The van der Waals surface area contributed by atoms with Crippen molar-refractivity contribution in [3.8, 4) is 0 Å². The zero-order valence-electron chi connectivity index (χ0n) is 15.5. The number of carbonyl (C=O) groups excluding carboxylic acids is 1. The lowest BCUT2D eigenvalue weighted by Crippen LogP contribution is -2.26. The summed E-state index contributed by atoms with van der Waals surface area (Å²) in [7, 11) is -2.18. The Morgan fingerprint density at radius 1 is 1.03 bits per heavy atom. The van der Waals surface area contributed by atoms with E-state index >= 15 is 0 Å². The number of rotatable bonds is 6. The Balaban J connectivity index is 1.80. The number of benzene rings is 3. The molecule has 0 aliphatic carbocycles. The first-order valence-corrected chi connectivity index (χ1v) is 11.3. The summed E-state index contributed by atoms with van der Waals surface area (Å²) in [6.07, 6.45) is 0. The molecule has 0 radical (unpaired) electrons. The summed E-state index contributed by atoms with van der Waals surface area (Å²) in [6.45, 7) is 0.312. The molecule has 5 nitrogen and oxygen atoms in total. The highest BCUT2D eigenvalue weighted by Gasteiger charge is 2.19. The van der Waals surface area contributed by atoms with Gasteiger partial charge < -0.3 is 4.90 Å². The van der Waals surface area contributed by atoms with Crippen LogP contribution in [0.25, 0.3) is 0 Å². The first-order valence-electron chi connectivity index (χ1n) is 8.63. The van der Waals surface area contributed by atoms with Gasteiger partial charge in [-0.25, -0.2) is 8.42 Å². The first-order chi connectivity index (χ1) is 13.8. The summed E-state index contributed by atoms with van der Waals surface area (Å²) >= 11 is 9.47. The van der Waals surface area contributed by atoms with E-state index in [0.717, 1.165) is 10.0 Å². The molecule has 0 heterocycles. The van der Waals surface area contributed by atoms with Gasteiger partial charge in [0, 0.05) is 34.3 Å². The molecule has 0 atom stereocenters. The van der Waals surface area contributed by atoms with Gasteiger partial charge in [0.2, 0.25) is 0 Å². The monoisotopic (exact) mass is 492 g/mol. The molecule has 0 saturated carbocycles. The highest BCUT2D eigenvalue weighted by Crippen LogP contribution is 2.21. The predicted molar refractivity (Wildman–Crippen MR) is 119 cm³/mol. The predicted octanol–water partition coefficient (Wildman–Crippen LogP) is 5.18. The fourth-order valence-corrected chi connectivity index (χ4v) is 4.27. The van der Waals surface area contributed by atoms with Gasteiger partial charge in [0.25, 0.3) is 15.9 Å². The van der Waals surface area contributed by atoms with Crippen LogP contribution in [0.5, 0.6) is 0 Å². The molecule has 3 rings (SSSR count). The lowest BCUT2D eigenvalue weighted by molar-refractivity contribution is 0.0785. The van der Waals surface area contributed by atoms with Crippen LogP contribution in [0.4, 0.5) is 5.69 Å². The zero-order chi connectivity index (χ0) is 21.0. The van der Waals surface area contributed by atoms with E-state index in [-0.39, 0.29) is 16.4 Å². The summed E-state index contributed by atoms with van der Waals surface area (Å²) < 4.78 is 28.8. The van der Waals surface area contributed by atoms with E-state index in [4.69, 9.17) is 11.6 Å². The fourth-order valence-electron chi connectivity index (χ4n) is 2.70. The highest BCUT2D eigenvalue weighted by molar-refractivity contribution is 9.10. The maximum atomic E-state index is 12.8. The van der Waals surface area contributed by atoms with Crippen LogP contribution in [-0.2, 0) is 16.6 Å². The maximum absolute atomic E-state index is 12.8. The number of anilines is 1. The van der Waals surface area contributed by atoms with E-state index in [1.807, 2.05) is 18.2 Å². The summed E-state index contributed by atoms with van der Waals surface area (Å²) in [6, 6.07) is 20.0. The number of sulfonamides is 1. The molecular formula is C21H18BrClN2O3S. The Hall–Kier alpha value is -2.35. The van der Waals surface area contributed by atoms with Crippen molar-refractivity contribution in [2.45, 2.75) is 11.4 Å². The average molecular weight is 494 g/mol. The lowest BCUT2D eigenvalue weighted by Gasteiger charge is -2.18. The number of hydrogen-bond donors (Lipinski definition) is 1. The van der Waals surface area contributed by atoms with Crippen molar-refractivity contribution in [2.24, 2.45) is 0 Å². The van der Waals surface area contributed by atoms with Gasteiger partial charge in [-0.2, -0.15) is 0 Å². The molecule has 0 aliphatic rings. The molecule has 29 heavy (non-hydrogen) atoms. The molecule has 0 fully saturated rings. The number of nitrogens with zero attached hydrogens (tertiary/aromatic N) is 1. The van der Waals surface area contributed by atoms with Crippen LogP contribution in [-0.4, -0.2) is 26.3 Å². The van der Waals surface area contributed by atoms with Gasteiger partial charge in [0.15, 0.2) is 0 Å². The number of halogens is 2.